The molecule has 3 aliphatic rings. The minimum absolute atomic E-state index is 0.0414. The molecule has 0 saturated carbocycles. The molecule has 2 aliphatic heterocycles. The number of nitrogens with two attached hydrogens (primary N) is 1. The van der Waals surface area contributed by atoms with Crippen molar-refractivity contribution >= 4 is 22.9 Å². The summed E-state index contributed by atoms with van der Waals surface area (Å²) in [6, 6.07) is 17.7. The summed E-state index contributed by atoms with van der Waals surface area (Å²) in [5.41, 5.74) is 12.4. The van der Waals surface area contributed by atoms with E-state index < -0.39 is 0 Å². The van der Waals surface area contributed by atoms with Crippen molar-refractivity contribution in [2.75, 3.05) is 31.9 Å². The summed E-state index contributed by atoms with van der Waals surface area (Å²) in [4.78, 5) is 30.6. The van der Waals surface area contributed by atoms with Crippen molar-refractivity contribution in [1.29, 1.82) is 0 Å². The van der Waals surface area contributed by atoms with Crippen molar-refractivity contribution in [3.8, 4) is 22.9 Å². The minimum Gasteiger partial charge on any atom is -0.383 e. The number of carbonyl (C=O) groups is 1. The van der Waals surface area contributed by atoms with E-state index in [1.165, 1.54) is 17.2 Å². The molecule has 3 N–H and O–H groups in total. The average molecular weight is 601 g/mol. The Morgan fingerprint density at radius 3 is 2.67 bits per heavy atom. The lowest BCUT2D eigenvalue weighted by Crippen LogP contribution is -2.62. The van der Waals surface area contributed by atoms with Crippen molar-refractivity contribution in [3.05, 3.63) is 90.9 Å². The number of carbonyl (C=O) groups excluding carboxylic acids is 1. The maximum atomic E-state index is 11.8. The van der Waals surface area contributed by atoms with Gasteiger partial charge in [0.2, 0.25) is 5.91 Å². The van der Waals surface area contributed by atoms with Crippen LogP contribution in [-0.4, -0.2) is 83.3 Å². The molecule has 0 spiro atoms. The third kappa shape index (κ3) is 4.98. The van der Waals surface area contributed by atoms with E-state index in [0.717, 1.165) is 80.1 Å². The van der Waals surface area contributed by atoms with Crippen LogP contribution >= 0.6 is 0 Å². The Morgan fingerprint density at radius 2 is 1.89 bits per heavy atom. The highest BCUT2D eigenvalue weighted by atomic mass is 16.2. The van der Waals surface area contributed by atoms with Crippen molar-refractivity contribution < 1.29 is 4.79 Å². The highest BCUT2D eigenvalue weighted by Crippen LogP contribution is 2.36. The van der Waals surface area contributed by atoms with E-state index in [1.807, 2.05) is 41.4 Å². The first-order chi connectivity index (χ1) is 22.1. The molecule has 1 unspecified atom stereocenters. The molecule has 1 aromatic carbocycles. The first-order valence-corrected chi connectivity index (χ1v) is 15.7. The van der Waals surface area contributed by atoms with Crippen LogP contribution in [0, 0.1) is 0 Å². The van der Waals surface area contributed by atoms with Crippen molar-refractivity contribution in [3.63, 3.8) is 0 Å². The minimum atomic E-state index is 0.0414. The van der Waals surface area contributed by atoms with Gasteiger partial charge in [-0.05, 0) is 85.4 Å². The van der Waals surface area contributed by atoms with Gasteiger partial charge < -0.3 is 16.0 Å². The second-order valence-electron chi connectivity index (χ2n) is 12.2. The normalized spacial score (nSPS) is 19.1. The SMILES string of the molecule is C=CC(=O)N1CC(N2CCC(NC3CCc4cc(-n5c(-c6cccnc6N)nc6ccc(-n7cccn7)nc65)ccc43)CC2)C1. The maximum absolute atomic E-state index is 11.8. The molecule has 5 aromatic rings. The molecule has 1 aliphatic carbocycles. The fraction of sp³-hybridized carbons (Fsp3) is 0.324. The van der Waals surface area contributed by atoms with E-state index >= 15 is 0 Å². The summed E-state index contributed by atoms with van der Waals surface area (Å²) < 4.78 is 3.85. The number of imidazole rings is 1. The fourth-order valence-corrected chi connectivity index (χ4v) is 7.14. The molecule has 1 amide bonds. The molecular weight excluding hydrogens is 564 g/mol. The molecular formula is C34H36N10O. The van der Waals surface area contributed by atoms with Crippen LogP contribution < -0.4 is 11.1 Å². The number of aryl methyl sites for hydroxylation is 1. The van der Waals surface area contributed by atoms with E-state index in [9.17, 15) is 4.79 Å². The molecule has 45 heavy (non-hydrogen) atoms. The topological polar surface area (TPSA) is 123 Å². The van der Waals surface area contributed by atoms with Gasteiger partial charge in [0.15, 0.2) is 17.3 Å². The third-order valence-electron chi connectivity index (χ3n) is 9.60. The number of nitrogens with zero attached hydrogens (tertiary/aromatic N) is 8. The predicted octanol–water partition coefficient (Wildman–Crippen LogP) is 3.69. The largest absolute Gasteiger partial charge is 0.383 e. The Bertz CT molecular complexity index is 1880. The van der Waals surface area contributed by atoms with Crippen molar-refractivity contribution in [2.24, 2.45) is 0 Å². The van der Waals surface area contributed by atoms with Gasteiger partial charge in [-0.3, -0.25) is 14.3 Å². The van der Waals surface area contributed by atoms with Crippen LogP contribution in [0.1, 0.15) is 36.4 Å². The molecule has 8 rings (SSSR count). The van der Waals surface area contributed by atoms with Gasteiger partial charge in [-0.25, -0.2) is 19.6 Å². The first-order valence-electron chi connectivity index (χ1n) is 15.7. The van der Waals surface area contributed by atoms with E-state index in [0.29, 0.717) is 29.8 Å². The molecule has 0 bridgehead atoms. The molecule has 6 heterocycles. The van der Waals surface area contributed by atoms with Crippen LogP contribution in [0.15, 0.2) is 79.8 Å². The van der Waals surface area contributed by atoms with Crippen LogP contribution in [0.25, 0.3) is 34.1 Å². The Balaban J connectivity index is 1.04. The molecule has 0 radical (unpaired) electrons. The van der Waals surface area contributed by atoms with Crippen LogP contribution in [0.2, 0.25) is 0 Å². The number of aromatic nitrogens is 6. The highest BCUT2D eigenvalue weighted by molar-refractivity contribution is 5.87. The number of nitrogen functional groups attached to an aromatic ring is 1. The molecule has 1 atom stereocenters. The second kappa shape index (κ2) is 11.2. The van der Waals surface area contributed by atoms with Crippen LogP contribution in [-0.2, 0) is 11.2 Å². The second-order valence-corrected chi connectivity index (χ2v) is 12.2. The molecule has 11 heteroatoms. The summed E-state index contributed by atoms with van der Waals surface area (Å²) in [6.07, 6.45) is 11.1. The number of likely N-dealkylation sites (tertiary alicyclic amines) is 2. The number of piperidine rings is 1. The molecule has 228 valence electrons. The maximum Gasteiger partial charge on any atom is 0.246 e. The zero-order chi connectivity index (χ0) is 30.5. The van der Waals surface area contributed by atoms with E-state index in [4.69, 9.17) is 15.7 Å². The molecule has 2 fully saturated rings. The van der Waals surface area contributed by atoms with Crippen LogP contribution in [0.5, 0.6) is 0 Å². The summed E-state index contributed by atoms with van der Waals surface area (Å²) >= 11 is 0. The van der Waals surface area contributed by atoms with Crippen molar-refractivity contribution in [2.45, 2.75) is 43.8 Å². The summed E-state index contributed by atoms with van der Waals surface area (Å²) in [7, 11) is 0. The summed E-state index contributed by atoms with van der Waals surface area (Å²) in [5.74, 6) is 1.90. The smallest absolute Gasteiger partial charge is 0.246 e. The zero-order valence-corrected chi connectivity index (χ0v) is 25.1. The number of amides is 1. The van der Waals surface area contributed by atoms with Crippen LogP contribution in [0.3, 0.4) is 0 Å². The number of hydrogen-bond donors (Lipinski definition) is 2. The number of pyridine rings is 2. The quantitative estimate of drug-likeness (QED) is 0.271. The van der Waals surface area contributed by atoms with E-state index in [2.05, 4.69) is 49.6 Å². The van der Waals surface area contributed by atoms with Gasteiger partial charge in [0, 0.05) is 68.6 Å². The lowest BCUT2D eigenvalue weighted by Gasteiger charge is -2.47. The monoisotopic (exact) mass is 600 g/mol. The van der Waals surface area contributed by atoms with Gasteiger partial charge in [0.1, 0.15) is 11.3 Å². The number of nitrogens with one attached hydrogen (secondary N) is 1. The number of fused-ring (bicyclic) bond motifs is 2. The number of rotatable bonds is 7. The lowest BCUT2D eigenvalue weighted by molar-refractivity contribution is -0.133. The Labute approximate surface area is 261 Å². The van der Waals surface area contributed by atoms with Crippen LogP contribution in [0.4, 0.5) is 5.82 Å². The van der Waals surface area contributed by atoms with Gasteiger partial charge in [-0.1, -0.05) is 12.6 Å². The standard InChI is InChI=1S/C34H36N10O/c1-2-31(45)42-20-25(21-42)41-17-12-23(13-18-41)38-28-9-6-22-19-24(7-8-26(22)28)44-33(27-5-3-14-36-32(27)35)39-29-10-11-30(40-34(29)44)43-16-4-15-37-43/h2-5,7-8,10-11,14-16,19,23,25,28,38H,1,6,9,12-13,17-18,20-21H2,(H2,35,36). The van der Waals surface area contributed by atoms with Gasteiger partial charge in [-0.15, -0.1) is 0 Å². The summed E-state index contributed by atoms with van der Waals surface area (Å²) in [5, 5.41) is 8.36. The number of hydrogen-bond acceptors (Lipinski definition) is 8. The molecule has 4 aromatic heterocycles. The Kier molecular flexibility index (Phi) is 6.91. The fourth-order valence-electron chi connectivity index (χ4n) is 7.14. The van der Waals surface area contributed by atoms with Crippen molar-refractivity contribution in [1.82, 2.24) is 44.4 Å². The molecule has 2 saturated heterocycles. The van der Waals surface area contributed by atoms with E-state index in [1.54, 1.807) is 17.1 Å². The molecule has 11 nitrogen and oxygen atoms in total. The highest BCUT2D eigenvalue weighted by Gasteiger charge is 2.36. The van der Waals surface area contributed by atoms with Gasteiger partial charge in [-0.2, -0.15) is 5.10 Å². The number of anilines is 1. The third-order valence-corrected chi connectivity index (χ3v) is 9.60. The van der Waals surface area contributed by atoms with Gasteiger partial charge >= 0.3 is 0 Å². The Morgan fingerprint density at radius 1 is 1.02 bits per heavy atom. The lowest BCUT2D eigenvalue weighted by atomic mass is 9.98. The Hall–Kier alpha value is -4.87. The number of benzene rings is 1. The van der Waals surface area contributed by atoms with E-state index in [-0.39, 0.29) is 5.91 Å². The summed E-state index contributed by atoms with van der Waals surface area (Å²) in [6.45, 7) is 7.39. The predicted molar refractivity (Wildman–Crippen MR) is 173 cm³/mol. The average Bonchev–Trinajstić information content (AvgIpc) is 3.80. The first kappa shape index (κ1) is 27.7. The zero-order valence-electron chi connectivity index (χ0n) is 25.1. The van der Waals surface area contributed by atoms with Gasteiger partial charge in [0.25, 0.3) is 0 Å². The van der Waals surface area contributed by atoms with Gasteiger partial charge in [0.05, 0.1) is 5.56 Å².